The van der Waals surface area contributed by atoms with E-state index in [0.29, 0.717) is 6.61 Å². The van der Waals surface area contributed by atoms with Crippen LogP contribution in [0.2, 0.25) is 0 Å². The van der Waals surface area contributed by atoms with Crippen molar-refractivity contribution >= 4 is 17.0 Å². The molecule has 0 radical (unpaired) electrons. The van der Waals surface area contributed by atoms with E-state index in [1.54, 1.807) is 0 Å². The molecule has 2 aliphatic heterocycles. The van der Waals surface area contributed by atoms with Crippen molar-refractivity contribution in [2.45, 2.75) is 64.6 Å². The number of hydrogen-bond donors (Lipinski definition) is 0. The van der Waals surface area contributed by atoms with Crippen molar-refractivity contribution in [2.24, 2.45) is 0 Å². The molecule has 0 N–H and O–H groups in total. The average Bonchev–Trinajstić information content (AvgIpc) is 3.63. The lowest BCUT2D eigenvalue weighted by molar-refractivity contribution is -0.504. The van der Waals surface area contributed by atoms with Crippen LogP contribution in [0, 0.1) is 0 Å². The Kier molecular flexibility index (Phi) is 6.21. The van der Waals surface area contributed by atoms with Crippen LogP contribution in [-0.2, 0) is 16.8 Å². The Labute approximate surface area is 216 Å². The second-order valence-corrected chi connectivity index (χ2v) is 11.3. The molecule has 0 spiro atoms. The monoisotopic (exact) mass is 479 g/mol. The molecule has 36 heavy (non-hydrogen) atoms. The summed E-state index contributed by atoms with van der Waals surface area (Å²) in [5.74, 6) is 0. The van der Waals surface area contributed by atoms with Gasteiger partial charge < -0.3 is 9.64 Å². The van der Waals surface area contributed by atoms with Crippen molar-refractivity contribution in [1.82, 2.24) is 0 Å². The number of benzene rings is 2. The minimum absolute atomic E-state index is 0.00548. The van der Waals surface area contributed by atoms with Crippen LogP contribution >= 0.6 is 0 Å². The third-order valence-electron chi connectivity index (χ3n) is 8.63. The van der Waals surface area contributed by atoms with Gasteiger partial charge in [-0.2, -0.15) is 0 Å². The first-order valence-corrected chi connectivity index (χ1v) is 13.8. The molecule has 1 unspecified atom stereocenters. The molecule has 186 valence electrons. The molecule has 3 heteroatoms. The van der Waals surface area contributed by atoms with Crippen LogP contribution < -0.4 is 4.90 Å². The summed E-state index contributed by atoms with van der Waals surface area (Å²) in [6.45, 7) is 12.4. The van der Waals surface area contributed by atoms with Crippen LogP contribution in [-0.4, -0.2) is 42.6 Å². The van der Waals surface area contributed by atoms with Gasteiger partial charge in [-0.1, -0.05) is 50.2 Å². The fourth-order valence-electron chi connectivity index (χ4n) is 6.52. The van der Waals surface area contributed by atoms with Crippen LogP contribution in [0.3, 0.4) is 0 Å². The highest BCUT2D eigenvalue weighted by Crippen LogP contribution is 2.50. The first kappa shape index (κ1) is 23.5. The summed E-state index contributed by atoms with van der Waals surface area (Å²) in [4.78, 5) is 2.56. The summed E-state index contributed by atoms with van der Waals surface area (Å²) >= 11 is 0. The van der Waals surface area contributed by atoms with Gasteiger partial charge >= 0.3 is 0 Å². The quantitative estimate of drug-likeness (QED) is 0.445. The van der Waals surface area contributed by atoms with E-state index < -0.39 is 0 Å². The Balaban J connectivity index is 1.45. The Hall–Kier alpha value is -2.91. The van der Waals surface area contributed by atoms with Crippen molar-refractivity contribution in [3.8, 4) is 0 Å². The SMILES string of the molecule is CC(OCc1ccccc1)C1=C2C=CC(=[N+]3CCCC3)C=C2C(C)(C)c2cc(N3CCCC3)ccc21. The van der Waals surface area contributed by atoms with Crippen LogP contribution in [0.1, 0.15) is 63.1 Å². The summed E-state index contributed by atoms with van der Waals surface area (Å²) < 4.78 is 9.11. The standard InChI is InChI=1S/C33H39N2O/c1-24(36-23-25-11-5-4-6-12-25)32-28-15-13-26(34-17-7-8-18-34)21-30(28)33(2,3)31-22-27(14-16-29(31)32)35-19-9-10-20-35/h4-6,11-16,21-22,24H,7-10,17-20,23H2,1-3H3/q+1. The third kappa shape index (κ3) is 4.18. The number of nitrogens with zero attached hydrogens (tertiary/aromatic N) is 2. The topological polar surface area (TPSA) is 15.5 Å². The maximum atomic E-state index is 6.55. The number of hydrogen-bond acceptors (Lipinski definition) is 2. The molecule has 6 rings (SSSR count). The third-order valence-corrected chi connectivity index (χ3v) is 8.63. The van der Waals surface area contributed by atoms with E-state index in [9.17, 15) is 0 Å². The minimum atomic E-state index is -0.0706. The fraction of sp³-hybridized carbons (Fsp3) is 0.424. The Bertz CT molecular complexity index is 1260. The lowest BCUT2D eigenvalue weighted by Crippen LogP contribution is -2.33. The zero-order valence-electron chi connectivity index (χ0n) is 22.1. The predicted molar refractivity (Wildman–Crippen MR) is 150 cm³/mol. The highest BCUT2D eigenvalue weighted by atomic mass is 16.5. The van der Waals surface area contributed by atoms with E-state index in [2.05, 4.69) is 97.0 Å². The van der Waals surface area contributed by atoms with Gasteiger partial charge in [-0.3, -0.25) is 0 Å². The van der Waals surface area contributed by atoms with E-state index in [4.69, 9.17) is 4.74 Å². The van der Waals surface area contributed by atoms with Gasteiger partial charge in [0.25, 0.3) is 0 Å². The van der Waals surface area contributed by atoms with Crippen molar-refractivity contribution in [3.05, 3.63) is 94.6 Å². The Morgan fingerprint density at radius 2 is 1.69 bits per heavy atom. The summed E-state index contributed by atoms with van der Waals surface area (Å²) in [7, 11) is 0. The first-order chi connectivity index (χ1) is 17.5. The lowest BCUT2D eigenvalue weighted by Gasteiger charge is -2.40. The highest BCUT2D eigenvalue weighted by molar-refractivity contribution is 6.06. The number of ether oxygens (including phenoxy) is 1. The smallest absolute Gasteiger partial charge is 0.200 e. The van der Waals surface area contributed by atoms with Crippen molar-refractivity contribution in [2.75, 3.05) is 31.1 Å². The van der Waals surface area contributed by atoms with Gasteiger partial charge in [0.05, 0.1) is 12.7 Å². The molecule has 2 heterocycles. The van der Waals surface area contributed by atoms with Gasteiger partial charge in [-0.25, -0.2) is 4.58 Å². The molecule has 3 nitrogen and oxygen atoms in total. The molecule has 0 saturated carbocycles. The molecule has 2 fully saturated rings. The number of rotatable bonds is 5. The first-order valence-electron chi connectivity index (χ1n) is 13.8. The molecule has 2 aromatic rings. The molecule has 2 aliphatic carbocycles. The molecule has 0 amide bonds. The van der Waals surface area contributed by atoms with E-state index >= 15 is 0 Å². The van der Waals surface area contributed by atoms with Gasteiger partial charge in [-0.15, -0.1) is 0 Å². The molecule has 2 aromatic carbocycles. The molecule has 0 bridgehead atoms. The second kappa shape index (κ2) is 9.52. The van der Waals surface area contributed by atoms with Gasteiger partial charge in [0.15, 0.2) is 5.71 Å². The van der Waals surface area contributed by atoms with E-state index in [0.717, 1.165) is 0 Å². The maximum Gasteiger partial charge on any atom is 0.200 e. The zero-order valence-corrected chi connectivity index (χ0v) is 22.1. The molecular formula is C33H39N2O+. The van der Waals surface area contributed by atoms with Crippen LogP contribution in [0.4, 0.5) is 5.69 Å². The highest BCUT2D eigenvalue weighted by Gasteiger charge is 2.40. The lowest BCUT2D eigenvalue weighted by atomic mass is 9.64. The fourth-order valence-corrected chi connectivity index (χ4v) is 6.52. The Morgan fingerprint density at radius 1 is 0.944 bits per heavy atom. The average molecular weight is 480 g/mol. The maximum absolute atomic E-state index is 6.55. The molecule has 0 aromatic heterocycles. The van der Waals surface area contributed by atoms with Crippen molar-refractivity contribution in [1.29, 1.82) is 0 Å². The summed E-state index contributed by atoms with van der Waals surface area (Å²) in [6, 6.07) is 17.7. The summed E-state index contributed by atoms with van der Waals surface area (Å²) in [5, 5.41) is 0. The normalized spacial score (nSPS) is 21.5. The number of fused-ring (bicyclic) bond motifs is 2. The van der Waals surface area contributed by atoms with Crippen LogP contribution in [0.25, 0.3) is 5.57 Å². The number of allylic oxidation sites excluding steroid dienone is 5. The van der Waals surface area contributed by atoms with Gasteiger partial charge in [0.1, 0.15) is 13.1 Å². The zero-order chi connectivity index (χ0) is 24.7. The van der Waals surface area contributed by atoms with Gasteiger partial charge in [0.2, 0.25) is 0 Å². The van der Waals surface area contributed by atoms with Gasteiger partial charge in [0, 0.05) is 49.2 Å². The van der Waals surface area contributed by atoms with Crippen LogP contribution in [0.15, 0.2) is 77.9 Å². The summed E-state index contributed by atoms with van der Waals surface area (Å²) in [5.41, 5.74) is 10.8. The van der Waals surface area contributed by atoms with E-state index in [1.807, 2.05) is 0 Å². The molecular weight excluding hydrogens is 440 g/mol. The minimum Gasteiger partial charge on any atom is -0.372 e. The molecule has 1 atom stereocenters. The van der Waals surface area contributed by atoms with Gasteiger partial charge in [-0.05, 0) is 71.4 Å². The van der Waals surface area contributed by atoms with E-state index in [-0.39, 0.29) is 11.5 Å². The predicted octanol–water partition coefficient (Wildman–Crippen LogP) is 6.68. The molecule has 2 saturated heterocycles. The second-order valence-electron chi connectivity index (χ2n) is 11.3. The van der Waals surface area contributed by atoms with E-state index in [1.165, 1.54) is 96.7 Å². The molecule has 4 aliphatic rings. The van der Waals surface area contributed by atoms with Crippen molar-refractivity contribution < 1.29 is 9.31 Å². The largest absolute Gasteiger partial charge is 0.372 e. The number of anilines is 1. The summed E-state index contributed by atoms with van der Waals surface area (Å²) in [6.07, 6.45) is 12.4. The van der Waals surface area contributed by atoms with Crippen molar-refractivity contribution in [3.63, 3.8) is 0 Å². The Morgan fingerprint density at radius 3 is 2.44 bits per heavy atom. The van der Waals surface area contributed by atoms with Crippen LogP contribution in [0.5, 0.6) is 0 Å².